The van der Waals surface area contributed by atoms with Crippen LogP contribution in [-0.2, 0) is 0 Å². The molecule has 3 aromatic rings. The summed E-state index contributed by atoms with van der Waals surface area (Å²) in [7, 11) is 0. The maximum atomic E-state index is 13.9. The molecule has 0 bridgehead atoms. The van der Waals surface area contributed by atoms with Gasteiger partial charge in [0.05, 0.1) is 16.1 Å². The van der Waals surface area contributed by atoms with Crippen LogP contribution in [0.5, 0.6) is 0 Å². The third-order valence-corrected chi connectivity index (χ3v) is 4.15. The van der Waals surface area contributed by atoms with Crippen molar-refractivity contribution in [1.29, 1.82) is 5.26 Å². The molecule has 0 radical (unpaired) electrons. The molecule has 0 amide bonds. The predicted octanol–water partition coefficient (Wildman–Crippen LogP) is 4.89. The smallest absolute Gasteiger partial charge is 0.197 e. The largest absolute Gasteiger partial charge is 0.363 e. The Morgan fingerprint density at radius 3 is 2.67 bits per heavy atom. The van der Waals surface area contributed by atoms with Crippen molar-refractivity contribution in [3.8, 4) is 17.2 Å². The predicted molar refractivity (Wildman–Crippen MR) is 90.5 cm³/mol. The molecule has 3 nitrogen and oxygen atoms in total. The van der Waals surface area contributed by atoms with Gasteiger partial charge in [0.2, 0.25) is 0 Å². The van der Waals surface area contributed by atoms with Crippen LogP contribution in [0.4, 0.5) is 4.39 Å². The average molecular weight is 339 g/mol. The van der Waals surface area contributed by atoms with Crippen LogP contribution in [-0.4, -0.2) is 10.8 Å². The molecule has 5 heteroatoms. The molecule has 0 aliphatic heterocycles. The number of rotatable bonds is 3. The van der Waals surface area contributed by atoms with E-state index in [1.807, 2.05) is 6.92 Å². The van der Waals surface area contributed by atoms with Gasteiger partial charge in [-0.2, -0.15) is 5.26 Å². The van der Waals surface area contributed by atoms with E-state index in [0.717, 1.165) is 5.69 Å². The maximum absolute atomic E-state index is 13.9. The standard InChI is InChI=1S/C19H12ClFN2O/c1-11-18(13(9-22)10-23-11)12-6-7-16(20)15(8-12)19(24)14-4-2-3-5-17(14)21/h2-8,10,23H,1H3. The fraction of sp³-hybridized carbons (Fsp3) is 0.0526. The third-order valence-electron chi connectivity index (χ3n) is 3.82. The highest BCUT2D eigenvalue weighted by Gasteiger charge is 2.19. The Hall–Kier alpha value is -2.90. The van der Waals surface area contributed by atoms with Gasteiger partial charge in [-0.1, -0.05) is 29.8 Å². The van der Waals surface area contributed by atoms with E-state index in [4.69, 9.17) is 11.6 Å². The topological polar surface area (TPSA) is 56.6 Å². The first-order chi connectivity index (χ1) is 11.5. The van der Waals surface area contributed by atoms with Crippen LogP contribution in [0.1, 0.15) is 27.2 Å². The molecule has 1 aromatic heterocycles. The van der Waals surface area contributed by atoms with Gasteiger partial charge in [-0.3, -0.25) is 4.79 Å². The Kier molecular flexibility index (Phi) is 4.20. The first-order valence-electron chi connectivity index (χ1n) is 7.20. The lowest BCUT2D eigenvalue weighted by molar-refractivity contribution is 0.103. The first kappa shape index (κ1) is 16.0. The van der Waals surface area contributed by atoms with Gasteiger partial charge in [0.1, 0.15) is 11.9 Å². The number of aromatic nitrogens is 1. The molecule has 0 aliphatic carbocycles. The fourth-order valence-corrected chi connectivity index (χ4v) is 2.84. The number of hydrogen-bond donors (Lipinski definition) is 1. The number of halogens is 2. The number of hydrogen-bond acceptors (Lipinski definition) is 2. The van der Waals surface area contributed by atoms with Gasteiger partial charge in [0.15, 0.2) is 5.78 Å². The lowest BCUT2D eigenvalue weighted by atomic mass is 9.96. The number of H-pyrrole nitrogens is 1. The van der Waals surface area contributed by atoms with Gasteiger partial charge in [-0.15, -0.1) is 0 Å². The number of carbonyl (C=O) groups excluding carboxylic acids is 1. The maximum Gasteiger partial charge on any atom is 0.197 e. The molecule has 0 spiro atoms. The van der Waals surface area contributed by atoms with E-state index < -0.39 is 11.6 Å². The van der Waals surface area contributed by atoms with Crippen molar-refractivity contribution in [3.05, 3.63) is 81.9 Å². The summed E-state index contributed by atoms with van der Waals surface area (Å²) in [5.74, 6) is -1.09. The van der Waals surface area contributed by atoms with Crippen LogP contribution in [0.25, 0.3) is 11.1 Å². The Morgan fingerprint density at radius 2 is 1.96 bits per heavy atom. The lowest BCUT2D eigenvalue weighted by Crippen LogP contribution is -2.05. The lowest BCUT2D eigenvalue weighted by Gasteiger charge is -2.08. The number of aryl methyl sites for hydroxylation is 1. The number of carbonyl (C=O) groups is 1. The van der Waals surface area contributed by atoms with Gasteiger partial charge in [-0.05, 0) is 36.8 Å². The highest BCUT2D eigenvalue weighted by Crippen LogP contribution is 2.31. The SMILES string of the molecule is Cc1[nH]cc(C#N)c1-c1ccc(Cl)c(C(=O)c2ccccc2F)c1. The summed E-state index contributed by atoms with van der Waals surface area (Å²) in [6, 6.07) is 12.8. The third kappa shape index (κ3) is 2.70. The number of benzene rings is 2. The summed E-state index contributed by atoms with van der Waals surface area (Å²) >= 11 is 6.15. The van der Waals surface area contributed by atoms with Crippen molar-refractivity contribution < 1.29 is 9.18 Å². The zero-order valence-electron chi connectivity index (χ0n) is 12.7. The van der Waals surface area contributed by atoms with Gasteiger partial charge in [0.25, 0.3) is 0 Å². The van der Waals surface area contributed by atoms with E-state index in [2.05, 4.69) is 11.1 Å². The van der Waals surface area contributed by atoms with E-state index >= 15 is 0 Å². The van der Waals surface area contributed by atoms with Crippen LogP contribution in [0.3, 0.4) is 0 Å². The minimum Gasteiger partial charge on any atom is -0.363 e. The molecule has 0 unspecified atom stereocenters. The summed E-state index contributed by atoms with van der Waals surface area (Å²) < 4.78 is 13.9. The normalized spacial score (nSPS) is 10.4. The van der Waals surface area contributed by atoms with Crippen molar-refractivity contribution in [2.45, 2.75) is 6.92 Å². The second-order valence-electron chi connectivity index (χ2n) is 5.32. The number of nitriles is 1. The van der Waals surface area contributed by atoms with E-state index in [9.17, 15) is 14.4 Å². The monoisotopic (exact) mass is 338 g/mol. The molecule has 2 aromatic carbocycles. The molecule has 118 valence electrons. The number of nitrogens with one attached hydrogen (secondary N) is 1. The van der Waals surface area contributed by atoms with Gasteiger partial charge >= 0.3 is 0 Å². The van der Waals surface area contributed by atoms with Crippen molar-refractivity contribution in [3.63, 3.8) is 0 Å². The van der Waals surface area contributed by atoms with Gasteiger partial charge < -0.3 is 4.98 Å². The van der Waals surface area contributed by atoms with Crippen molar-refractivity contribution >= 4 is 17.4 Å². The zero-order chi connectivity index (χ0) is 17.3. The minimum absolute atomic E-state index is 0.0390. The zero-order valence-corrected chi connectivity index (χ0v) is 13.5. The first-order valence-corrected chi connectivity index (χ1v) is 7.58. The van der Waals surface area contributed by atoms with Crippen molar-refractivity contribution in [2.75, 3.05) is 0 Å². The summed E-state index contributed by atoms with van der Waals surface area (Å²) in [6.07, 6.45) is 1.61. The number of nitrogens with zero attached hydrogens (tertiary/aromatic N) is 1. The molecule has 3 rings (SSSR count). The Morgan fingerprint density at radius 1 is 1.21 bits per heavy atom. The molecule has 1 N–H and O–H groups in total. The highest BCUT2D eigenvalue weighted by atomic mass is 35.5. The highest BCUT2D eigenvalue weighted by molar-refractivity contribution is 6.35. The van der Waals surface area contributed by atoms with E-state index in [-0.39, 0.29) is 16.1 Å². The van der Waals surface area contributed by atoms with Crippen LogP contribution in [0, 0.1) is 24.1 Å². The Labute approximate surface area is 143 Å². The minimum atomic E-state index is -0.598. The molecule has 24 heavy (non-hydrogen) atoms. The van der Waals surface area contributed by atoms with Crippen LogP contribution in [0.15, 0.2) is 48.7 Å². The fourth-order valence-electron chi connectivity index (χ4n) is 2.63. The van der Waals surface area contributed by atoms with Crippen molar-refractivity contribution in [1.82, 2.24) is 4.98 Å². The molecule has 1 heterocycles. The second-order valence-corrected chi connectivity index (χ2v) is 5.72. The van der Waals surface area contributed by atoms with Crippen LogP contribution < -0.4 is 0 Å². The molecular formula is C19H12ClFN2O. The van der Waals surface area contributed by atoms with Gasteiger partial charge in [-0.25, -0.2) is 4.39 Å². The second kappa shape index (κ2) is 6.31. The van der Waals surface area contributed by atoms with Crippen LogP contribution >= 0.6 is 11.6 Å². The summed E-state index contributed by atoms with van der Waals surface area (Å²) in [6.45, 7) is 1.84. The van der Waals surface area contributed by atoms with Gasteiger partial charge in [0, 0.05) is 23.0 Å². The van der Waals surface area contributed by atoms with E-state index in [1.54, 1.807) is 30.5 Å². The Balaban J connectivity index is 2.14. The molecule has 0 fully saturated rings. The van der Waals surface area contributed by atoms with E-state index in [1.165, 1.54) is 18.2 Å². The average Bonchev–Trinajstić information content (AvgIpc) is 2.96. The molecule has 0 saturated carbocycles. The Bertz CT molecular complexity index is 985. The van der Waals surface area contributed by atoms with Crippen molar-refractivity contribution in [2.24, 2.45) is 0 Å². The van der Waals surface area contributed by atoms with Crippen LogP contribution in [0.2, 0.25) is 5.02 Å². The molecule has 0 atom stereocenters. The number of aromatic amines is 1. The quantitative estimate of drug-likeness (QED) is 0.691. The molecular weight excluding hydrogens is 327 g/mol. The summed E-state index contributed by atoms with van der Waals surface area (Å²) in [5, 5.41) is 9.46. The summed E-state index contributed by atoms with van der Waals surface area (Å²) in [5.41, 5.74) is 2.81. The number of ketones is 1. The summed E-state index contributed by atoms with van der Waals surface area (Å²) in [4.78, 5) is 15.6. The van der Waals surface area contributed by atoms with E-state index in [0.29, 0.717) is 16.7 Å². The molecule has 0 aliphatic rings. The molecule has 0 saturated heterocycles.